The lowest BCUT2D eigenvalue weighted by Gasteiger charge is -2.44. The Bertz CT molecular complexity index is 1280. The molecule has 2 saturated carbocycles. The lowest BCUT2D eigenvalue weighted by atomic mass is 9.82. The van der Waals surface area contributed by atoms with Gasteiger partial charge in [0.2, 0.25) is 0 Å². The van der Waals surface area contributed by atoms with Crippen molar-refractivity contribution in [2.45, 2.75) is 81.5 Å². The summed E-state index contributed by atoms with van der Waals surface area (Å²) in [7, 11) is 8.57. The van der Waals surface area contributed by atoms with E-state index in [4.69, 9.17) is 17.3 Å². The monoisotopic (exact) mass is 588 g/mol. The maximum absolute atomic E-state index is 13.1. The molecule has 0 saturated heterocycles. The van der Waals surface area contributed by atoms with Crippen molar-refractivity contribution in [2.24, 2.45) is 5.73 Å². The van der Waals surface area contributed by atoms with Crippen LogP contribution in [-0.2, 0) is 0 Å². The minimum Gasteiger partial charge on any atom is -0.343 e. The molecule has 2 aliphatic rings. The summed E-state index contributed by atoms with van der Waals surface area (Å²) in [6, 6.07) is 26.3. The predicted octanol–water partition coefficient (Wildman–Crippen LogP) is 7.55. The largest absolute Gasteiger partial charge is 0.343 e. The van der Waals surface area contributed by atoms with Crippen molar-refractivity contribution in [3.05, 3.63) is 106 Å². The molecule has 2 unspecified atom stereocenters. The van der Waals surface area contributed by atoms with Crippen molar-refractivity contribution in [3.8, 4) is 0 Å². The number of halogens is 1. The number of amides is 1. The van der Waals surface area contributed by atoms with Gasteiger partial charge in [0.05, 0.1) is 6.04 Å². The number of nitrogens with two attached hydrogens (primary N) is 1. The summed E-state index contributed by atoms with van der Waals surface area (Å²) >= 11 is 6.05. The molecule has 0 radical (unpaired) electrons. The topological polar surface area (TPSA) is 61.6 Å². The maximum Gasteiger partial charge on any atom is 0.252 e. The Morgan fingerprint density at radius 2 is 1.24 bits per heavy atom. The highest BCUT2D eigenvalue weighted by molar-refractivity contribution is 6.30. The van der Waals surface area contributed by atoms with Gasteiger partial charge in [-0.05, 0) is 95.7 Å². The van der Waals surface area contributed by atoms with Crippen LogP contribution in [0.25, 0.3) is 0 Å². The Hall–Kier alpha value is -2.70. The first kappa shape index (κ1) is 32.2. The number of nitrogens with one attached hydrogen (secondary N) is 1. The molecule has 0 heterocycles. The summed E-state index contributed by atoms with van der Waals surface area (Å²) < 4.78 is 0. The van der Waals surface area contributed by atoms with Crippen LogP contribution in [0.3, 0.4) is 0 Å². The number of carbonyl (C=O) groups excluding carboxylic acids is 1. The van der Waals surface area contributed by atoms with Gasteiger partial charge in [-0.25, -0.2) is 0 Å². The number of likely N-dealkylation sites (N-methyl/N-ethyl adjacent to an activating group) is 2. The minimum absolute atomic E-state index is 0.0406. The highest BCUT2D eigenvalue weighted by Gasteiger charge is 2.45. The first-order valence-electron chi connectivity index (χ1n) is 15.4. The van der Waals surface area contributed by atoms with Crippen LogP contribution in [0.2, 0.25) is 5.02 Å². The lowest BCUT2D eigenvalue weighted by Crippen LogP contribution is -2.53. The summed E-state index contributed by atoms with van der Waals surface area (Å²) in [5.41, 5.74) is 10.6. The minimum atomic E-state index is -0.0582. The molecular weight excluding hydrogens is 540 g/mol. The van der Waals surface area contributed by atoms with E-state index in [1.54, 1.807) is 6.07 Å². The Kier molecular flexibility index (Phi) is 10.9. The van der Waals surface area contributed by atoms with Gasteiger partial charge in [0.25, 0.3) is 5.91 Å². The zero-order valence-electron chi connectivity index (χ0n) is 26.1. The van der Waals surface area contributed by atoms with Crippen LogP contribution in [0, 0.1) is 6.92 Å². The van der Waals surface area contributed by atoms with Gasteiger partial charge >= 0.3 is 0 Å². The van der Waals surface area contributed by atoms with Crippen LogP contribution in [0.5, 0.6) is 0 Å². The fraction of sp³-hybridized carbons (Fsp3) is 0.472. The van der Waals surface area contributed by atoms with E-state index in [0.717, 1.165) is 24.0 Å². The van der Waals surface area contributed by atoms with E-state index in [1.807, 2.05) is 43.3 Å². The van der Waals surface area contributed by atoms with Crippen LogP contribution >= 0.6 is 11.6 Å². The number of carbonyl (C=O) groups is 1. The van der Waals surface area contributed by atoms with Crippen LogP contribution in [0.4, 0.5) is 0 Å². The molecule has 0 bridgehead atoms. The summed E-state index contributed by atoms with van der Waals surface area (Å²) in [6.07, 6.45) is 9.59. The van der Waals surface area contributed by atoms with Gasteiger partial charge in [0.15, 0.2) is 0 Å². The van der Waals surface area contributed by atoms with E-state index in [-0.39, 0.29) is 29.1 Å². The third-order valence-corrected chi connectivity index (χ3v) is 10.1. The fourth-order valence-electron chi connectivity index (χ4n) is 7.24. The van der Waals surface area contributed by atoms with Crippen molar-refractivity contribution in [3.63, 3.8) is 0 Å². The third kappa shape index (κ3) is 6.92. The molecule has 5 rings (SSSR count). The molecule has 0 spiro atoms. The molecule has 2 fully saturated rings. The molecule has 3 aromatic carbocycles. The number of nitrogens with zero attached hydrogens (tertiary/aromatic N) is 2. The molecule has 3 aromatic rings. The second-order valence-corrected chi connectivity index (χ2v) is 13.0. The van der Waals surface area contributed by atoms with E-state index >= 15 is 0 Å². The lowest BCUT2D eigenvalue weighted by molar-refractivity contribution is 0.0766. The molecule has 3 N–H and O–H groups in total. The highest BCUT2D eigenvalue weighted by atomic mass is 35.5. The molecule has 6 heteroatoms. The molecule has 1 amide bonds. The second-order valence-electron chi connectivity index (χ2n) is 12.6. The average Bonchev–Trinajstić information content (AvgIpc) is 3.69. The van der Waals surface area contributed by atoms with Gasteiger partial charge in [-0.1, -0.05) is 97.9 Å². The number of rotatable bonds is 8. The van der Waals surface area contributed by atoms with Gasteiger partial charge < -0.3 is 20.9 Å². The second kappa shape index (κ2) is 14.2. The van der Waals surface area contributed by atoms with Gasteiger partial charge in [0.1, 0.15) is 0 Å². The molecule has 2 atom stereocenters. The summed E-state index contributed by atoms with van der Waals surface area (Å²) in [5.74, 6) is -0.0406. The normalized spacial score (nSPS) is 18.8. The van der Waals surface area contributed by atoms with Crippen molar-refractivity contribution >= 4 is 17.5 Å². The predicted molar refractivity (Wildman–Crippen MR) is 176 cm³/mol. The Balaban J connectivity index is 0.000000216. The third-order valence-electron chi connectivity index (χ3n) is 9.84. The maximum atomic E-state index is 13.1. The first-order valence-corrected chi connectivity index (χ1v) is 15.8. The van der Waals surface area contributed by atoms with E-state index in [9.17, 15) is 4.79 Å². The van der Waals surface area contributed by atoms with E-state index in [0.29, 0.717) is 10.6 Å². The number of hydrogen-bond donors (Lipinski definition) is 2. The summed E-state index contributed by atoms with van der Waals surface area (Å²) in [4.78, 5) is 17.7. The van der Waals surface area contributed by atoms with Gasteiger partial charge in [0, 0.05) is 27.7 Å². The highest BCUT2D eigenvalue weighted by Crippen LogP contribution is 2.44. The van der Waals surface area contributed by atoms with Crippen molar-refractivity contribution in [1.82, 2.24) is 15.1 Å². The van der Waals surface area contributed by atoms with Gasteiger partial charge in [-0.2, -0.15) is 0 Å². The number of hydrogen-bond acceptors (Lipinski definition) is 4. The van der Waals surface area contributed by atoms with Crippen LogP contribution < -0.4 is 11.1 Å². The molecule has 2 aliphatic carbocycles. The standard InChI is InChI=1S/C22H27ClN2O.C14H22N2/c1-16-15-18(23)11-12-19(16)21(26)24-20(17-9-5-4-6-10-17)22(25(2)3)13-7-8-14-22;1-16(2)14(10-6-7-11-14)13(15)12-8-4-3-5-9-12/h4-6,9-12,15,20H,7-8,13-14H2,1-3H3,(H,24,26);3-5,8-9,13H,6-7,10-11,15H2,1-2H3. The molecular formula is C36H49ClN4O. The fourth-order valence-corrected chi connectivity index (χ4v) is 7.47. The SMILES string of the molecule is CN(C)C1(C(N)c2ccccc2)CCCC1.Cc1cc(Cl)ccc1C(=O)NC(c1ccccc1)C1(N(C)C)CCCC1. The average molecular weight is 589 g/mol. The molecule has 5 nitrogen and oxygen atoms in total. The summed E-state index contributed by atoms with van der Waals surface area (Å²) in [6.45, 7) is 1.93. The van der Waals surface area contributed by atoms with Crippen LogP contribution in [0.15, 0.2) is 78.9 Å². The summed E-state index contributed by atoms with van der Waals surface area (Å²) in [5, 5.41) is 4.00. The molecule has 0 aromatic heterocycles. The van der Waals surface area contributed by atoms with Crippen molar-refractivity contribution in [2.75, 3.05) is 28.2 Å². The van der Waals surface area contributed by atoms with Crippen LogP contribution in [-0.4, -0.2) is 55.0 Å². The van der Waals surface area contributed by atoms with Crippen LogP contribution in [0.1, 0.15) is 90.5 Å². The van der Waals surface area contributed by atoms with Crippen molar-refractivity contribution in [1.29, 1.82) is 0 Å². The van der Waals surface area contributed by atoms with E-state index < -0.39 is 0 Å². The van der Waals surface area contributed by atoms with E-state index in [1.165, 1.54) is 44.1 Å². The quantitative estimate of drug-likeness (QED) is 0.285. The molecule has 42 heavy (non-hydrogen) atoms. The zero-order valence-corrected chi connectivity index (χ0v) is 26.8. The first-order chi connectivity index (χ1) is 20.1. The molecule has 0 aliphatic heterocycles. The number of aryl methyl sites for hydroxylation is 1. The van der Waals surface area contributed by atoms with Gasteiger partial charge in [-0.3, -0.25) is 4.79 Å². The Morgan fingerprint density at radius 1 is 0.762 bits per heavy atom. The zero-order chi connectivity index (χ0) is 30.3. The number of benzene rings is 3. The van der Waals surface area contributed by atoms with E-state index in [2.05, 4.69) is 79.7 Å². The van der Waals surface area contributed by atoms with Gasteiger partial charge in [-0.15, -0.1) is 0 Å². The van der Waals surface area contributed by atoms with Crippen molar-refractivity contribution < 1.29 is 4.79 Å². The smallest absolute Gasteiger partial charge is 0.252 e. The Labute approximate surface area is 258 Å². The Morgan fingerprint density at radius 3 is 1.71 bits per heavy atom. The molecule has 226 valence electrons.